The minimum atomic E-state index is 0.0325. The van der Waals surface area contributed by atoms with Gasteiger partial charge in [-0.1, -0.05) is 33.6 Å². The Labute approximate surface area is 132 Å². The molecule has 0 heterocycles. The molecule has 0 amide bonds. The fourth-order valence-electron chi connectivity index (χ4n) is 3.91. The zero-order valence-corrected chi connectivity index (χ0v) is 14.9. The fraction of sp³-hybridized carbons (Fsp3) is 0.947. The standard InChI is InChI=1S/C17H30O2.C2H6/c1-12(2)19-17(18)16-10-8-15(9-11-16)14-6-4-13(3)5-7-14;1-2/h12-16H,4-11H2,1-3H3;1-2H3. The summed E-state index contributed by atoms with van der Waals surface area (Å²) >= 11 is 0. The molecular weight excluding hydrogens is 260 g/mol. The maximum atomic E-state index is 11.9. The van der Waals surface area contributed by atoms with Crippen LogP contribution in [0.2, 0.25) is 0 Å². The molecule has 0 unspecified atom stereocenters. The quantitative estimate of drug-likeness (QED) is 0.634. The van der Waals surface area contributed by atoms with Gasteiger partial charge in [-0.05, 0) is 70.1 Å². The van der Waals surface area contributed by atoms with E-state index in [0.29, 0.717) is 0 Å². The van der Waals surface area contributed by atoms with Crippen molar-refractivity contribution in [3.8, 4) is 0 Å². The molecule has 0 aromatic carbocycles. The van der Waals surface area contributed by atoms with Crippen LogP contribution in [-0.2, 0) is 9.53 Å². The highest BCUT2D eigenvalue weighted by atomic mass is 16.5. The lowest BCUT2D eigenvalue weighted by atomic mass is 9.69. The van der Waals surface area contributed by atoms with Gasteiger partial charge in [-0.2, -0.15) is 0 Å². The molecule has 0 spiro atoms. The predicted octanol–water partition coefficient (Wildman–Crippen LogP) is 5.60. The van der Waals surface area contributed by atoms with Gasteiger partial charge in [-0.15, -0.1) is 0 Å². The van der Waals surface area contributed by atoms with Gasteiger partial charge < -0.3 is 4.74 Å². The van der Waals surface area contributed by atoms with Gasteiger partial charge in [-0.25, -0.2) is 0 Å². The molecule has 2 heteroatoms. The van der Waals surface area contributed by atoms with Crippen LogP contribution >= 0.6 is 0 Å². The molecule has 0 aromatic heterocycles. The lowest BCUT2D eigenvalue weighted by molar-refractivity contribution is -0.154. The summed E-state index contributed by atoms with van der Waals surface area (Å²) in [6.45, 7) is 10.3. The van der Waals surface area contributed by atoms with Gasteiger partial charge in [0.15, 0.2) is 0 Å². The van der Waals surface area contributed by atoms with E-state index in [0.717, 1.165) is 30.6 Å². The number of esters is 1. The maximum absolute atomic E-state index is 11.9. The number of carbonyl (C=O) groups excluding carboxylic acids is 1. The molecule has 0 atom stereocenters. The van der Waals surface area contributed by atoms with E-state index in [1.165, 1.54) is 38.5 Å². The van der Waals surface area contributed by atoms with Crippen molar-refractivity contribution in [1.82, 2.24) is 0 Å². The van der Waals surface area contributed by atoms with Gasteiger partial charge in [0.25, 0.3) is 0 Å². The Hall–Kier alpha value is -0.530. The third-order valence-corrected chi connectivity index (χ3v) is 5.18. The summed E-state index contributed by atoms with van der Waals surface area (Å²) in [7, 11) is 0. The van der Waals surface area contributed by atoms with Crippen molar-refractivity contribution in [2.45, 2.75) is 92.1 Å². The second kappa shape index (κ2) is 9.48. The van der Waals surface area contributed by atoms with Crippen LogP contribution in [0.3, 0.4) is 0 Å². The second-order valence-electron chi connectivity index (χ2n) is 7.12. The first-order valence-electron chi connectivity index (χ1n) is 9.26. The molecule has 2 rings (SSSR count). The zero-order chi connectivity index (χ0) is 15.8. The smallest absolute Gasteiger partial charge is 0.309 e. The maximum Gasteiger partial charge on any atom is 0.309 e. The summed E-state index contributed by atoms with van der Waals surface area (Å²) in [4.78, 5) is 11.9. The normalized spacial score (nSPS) is 33.0. The van der Waals surface area contributed by atoms with E-state index in [-0.39, 0.29) is 18.0 Å². The molecule has 21 heavy (non-hydrogen) atoms. The minimum absolute atomic E-state index is 0.0325. The van der Waals surface area contributed by atoms with Gasteiger partial charge in [-0.3, -0.25) is 4.79 Å². The summed E-state index contributed by atoms with van der Waals surface area (Å²) < 4.78 is 5.35. The third kappa shape index (κ3) is 6.00. The minimum Gasteiger partial charge on any atom is -0.463 e. The molecular formula is C19H36O2. The molecule has 0 aliphatic heterocycles. The number of hydrogen-bond donors (Lipinski definition) is 0. The average Bonchev–Trinajstić information content (AvgIpc) is 2.49. The lowest BCUT2D eigenvalue weighted by Crippen LogP contribution is -2.29. The molecule has 0 aromatic rings. The van der Waals surface area contributed by atoms with Gasteiger partial charge >= 0.3 is 5.97 Å². The Morgan fingerprint density at radius 2 is 1.29 bits per heavy atom. The van der Waals surface area contributed by atoms with E-state index >= 15 is 0 Å². The largest absolute Gasteiger partial charge is 0.463 e. The van der Waals surface area contributed by atoms with Crippen molar-refractivity contribution in [2.75, 3.05) is 0 Å². The first kappa shape index (κ1) is 18.5. The summed E-state index contributed by atoms with van der Waals surface area (Å²) in [5.41, 5.74) is 0. The predicted molar refractivity (Wildman–Crippen MR) is 89.1 cm³/mol. The summed E-state index contributed by atoms with van der Waals surface area (Å²) in [6.07, 6.45) is 10.3. The van der Waals surface area contributed by atoms with Crippen LogP contribution in [0.5, 0.6) is 0 Å². The SMILES string of the molecule is CC.CC1CCC(C2CCC(C(=O)OC(C)C)CC2)CC1. The van der Waals surface area contributed by atoms with Crippen LogP contribution in [0.15, 0.2) is 0 Å². The Kier molecular flexibility index (Phi) is 8.36. The first-order chi connectivity index (χ1) is 10.1. The van der Waals surface area contributed by atoms with E-state index < -0.39 is 0 Å². The van der Waals surface area contributed by atoms with Crippen LogP contribution in [0.4, 0.5) is 0 Å². The highest BCUT2D eigenvalue weighted by Gasteiger charge is 2.32. The van der Waals surface area contributed by atoms with Crippen molar-refractivity contribution in [3.63, 3.8) is 0 Å². The molecule has 2 aliphatic carbocycles. The van der Waals surface area contributed by atoms with Crippen molar-refractivity contribution in [1.29, 1.82) is 0 Å². The summed E-state index contributed by atoms with van der Waals surface area (Å²) in [6, 6.07) is 0. The van der Waals surface area contributed by atoms with Gasteiger partial charge in [0.2, 0.25) is 0 Å². The Morgan fingerprint density at radius 3 is 1.71 bits per heavy atom. The average molecular weight is 296 g/mol. The van der Waals surface area contributed by atoms with E-state index in [2.05, 4.69) is 6.92 Å². The van der Waals surface area contributed by atoms with Crippen molar-refractivity contribution in [2.24, 2.45) is 23.7 Å². The van der Waals surface area contributed by atoms with E-state index in [9.17, 15) is 4.79 Å². The number of carbonyl (C=O) groups is 1. The highest BCUT2D eigenvalue weighted by Crippen LogP contribution is 2.41. The Balaban J connectivity index is 0.00000106. The molecule has 2 aliphatic rings. The van der Waals surface area contributed by atoms with Crippen LogP contribution in [0.1, 0.15) is 86.0 Å². The van der Waals surface area contributed by atoms with Crippen molar-refractivity contribution >= 4 is 5.97 Å². The van der Waals surface area contributed by atoms with Gasteiger partial charge in [0.05, 0.1) is 12.0 Å². The number of hydrogen-bond acceptors (Lipinski definition) is 2. The fourth-order valence-corrected chi connectivity index (χ4v) is 3.91. The van der Waals surface area contributed by atoms with Crippen LogP contribution in [0, 0.1) is 23.7 Å². The van der Waals surface area contributed by atoms with Crippen LogP contribution < -0.4 is 0 Å². The van der Waals surface area contributed by atoms with E-state index in [1.54, 1.807) is 0 Å². The van der Waals surface area contributed by atoms with Crippen LogP contribution in [0.25, 0.3) is 0 Å². The molecule has 2 nitrogen and oxygen atoms in total. The molecule has 0 N–H and O–H groups in total. The Bertz CT molecular complexity index is 282. The molecule has 2 saturated carbocycles. The van der Waals surface area contributed by atoms with E-state index in [1.807, 2.05) is 27.7 Å². The topological polar surface area (TPSA) is 26.3 Å². The monoisotopic (exact) mass is 296 g/mol. The van der Waals surface area contributed by atoms with Crippen molar-refractivity contribution < 1.29 is 9.53 Å². The van der Waals surface area contributed by atoms with Crippen molar-refractivity contribution in [3.05, 3.63) is 0 Å². The first-order valence-corrected chi connectivity index (χ1v) is 9.26. The highest BCUT2D eigenvalue weighted by molar-refractivity contribution is 5.72. The molecule has 0 saturated heterocycles. The zero-order valence-electron chi connectivity index (χ0n) is 14.9. The van der Waals surface area contributed by atoms with Gasteiger partial charge in [0.1, 0.15) is 0 Å². The summed E-state index contributed by atoms with van der Waals surface area (Å²) in [5, 5.41) is 0. The van der Waals surface area contributed by atoms with E-state index in [4.69, 9.17) is 4.74 Å². The number of ether oxygens (including phenoxy) is 1. The Morgan fingerprint density at radius 1 is 0.857 bits per heavy atom. The third-order valence-electron chi connectivity index (χ3n) is 5.18. The molecule has 2 fully saturated rings. The number of rotatable bonds is 3. The summed E-state index contributed by atoms with van der Waals surface area (Å²) in [5.74, 6) is 2.99. The van der Waals surface area contributed by atoms with Gasteiger partial charge in [0, 0.05) is 0 Å². The lowest BCUT2D eigenvalue weighted by Gasteiger charge is -2.36. The molecule has 0 radical (unpaired) electrons. The molecule has 0 bridgehead atoms. The second-order valence-corrected chi connectivity index (χ2v) is 7.12. The molecule has 124 valence electrons. The van der Waals surface area contributed by atoms with Crippen LogP contribution in [-0.4, -0.2) is 12.1 Å².